The highest BCUT2D eigenvalue weighted by Gasteiger charge is 2.13. The number of aromatic amines is 1. The summed E-state index contributed by atoms with van der Waals surface area (Å²) in [7, 11) is 0. The second-order valence-corrected chi connectivity index (χ2v) is 2.38. The second-order valence-electron chi connectivity index (χ2n) is 2.38. The van der Waals surface area contributed by atoms with E-state index < -0.39 is 0 Å². The lowest BCUT2D eigenvalue weighted by Gasteiger charge is -1.99. The Labute approximate surface area is 63.8 Å². The smallest absolute Gasteiger partial charge is 0.276 e. The first-order valence-corrected chi connectivity index (χ1v) is 3.30. The standard InChI is InChI=1S/C6H10N4O/c7-5(6(8)11)1-4-2-9-3-10-4/h2-3,5H,1,7H2,(H2,8,11)(H,9,10)/p+1/t5-/m0/s1. The number of carbonyl (C=O) groups is 1. The SMILES string of the molecule is NC(=O)[C@@H]([NH3+])Cc1cnc[nH]1. The van der Waals surface area contributed by atoms with Gasteiger partial charge in [-0.3, -0.25) is 4.79 Å². The van der Waals surface area contributed by atoms with E-state index in [0.29, 0.717) is 6.42 Å². The molecule has 0 spiro atoms. The number of nitrogens with one attached hydrogen (secondary N) is 1. The molecule has 1 aromatic rings. The minimum atomic E-state index is -0.389. The predicted molar refractivity (Wildman–Crippen MR) is 38.2 cm³/mol. The molecule has 11 heavy (non-hydrogen) atoms. The van der Waals surface area contributed by atoms with Crippen LogP contribution in [0.15, 0.2) is 12.5 Å². The molecule has 1 atom stereocenters. The average molecular weight is 155 g/mol. The summed E-state index contributed by atoms with van der Waals surface area (Å²) in [5.41, 5.74) is 9.49. The number of hydrogen-bond acceptors (Lipinski definition) is 2. The molecule has 1 heterocycles. The zero-order valence-corrected chi connectivity index (χ0v) is 6.08. The van der Waals surface area contributed by atoms with Gasteiger partial charge in [0.1, 0.15) is 0 Å². The first-order valence-electron chi connectivity index (χ1n) is 3.30. The van der Waals surface area contributed by atoms with E-state index in [1.54, 1.807) is 12.5 Å². The summed E-state index contributed by atoms with van der Waals surface area (Å²) in [6.45, 7) is 0. The molecule has 1 aromatic heterocycles. The van der Waals surface area contributed by atoms with Gasteiger partial charge in [0.15, 0.2) is 6.04 Å². The van der Waals surface area contributed by atoms with Gasteiger partial charge in [0, 0.05) is 11.9 Å². The Balaban J connectivity index is 2.50. The van der Waals surface area contributed by atoms with Crippen molar-refractivity contribution in [2.75, 3.05) is 0 Å². The molecule has 5 nitrogen and oxygen atoms in total. The van der Waals surface area contributed by atoms with E-state index in [1.807, 2.05) is 0 Å². The van der Waals surface area contributed by atoms with Crippen molar-refractivity contribution in [3.05, 3.63) is 18.2 Å². The van der Waals surface area contributed by atoms with E-state index in [9.17, 15) is 4.79 Å². The quantitative estimate of drug-likeness (QED) is 0.472. The number of primary amides is 1. The van der Waals surface area contributed by atoms with Crippen LogP contribution in [0.25, 0.3) is 0 Å². The Bertz CT molecular complexity index is 231. The Morgan fingerprint density at radius 2 is 2.64 bits per heavy atom. The van der Waals surface area contributed by atoms with Crippen LogP contribution in [0, 0.1) is 0 Å². The summed E-state index contributed by atoms with van der Waals surface area (Å²) in [6.07, 6.45) is 3.74. The lowest BCUT2D eigenvalue weighted by Crippen LogP contribution is -2.67. The van der Waals surface area contributed by atoms with Crippen LogP contribution in [0.1, 0.15) is 5.69 Å². The minimum absolute atomic E-state index is 0.379. The van der Waals surface area contributed by atoms with Gasteiger partial charge in [-0.05, 0) is 0 Å². The van der Waals surface area contributed by atoms with Crippen molar-refractivity contribution >= 4 is 5.91 Å². The molecule has 0 saturated heterocycles. The molecule has 0 unspecified atom stereocenters. The molecular weight excluding hydrogens is 144 g/mol. The molecule has 5 heteroatoms. The zero-order valence-electron chi connectivity index (χ0n) is 6.08. The first kappa shape index (κ1) is 7.74. The maximum absolute atomic E-state index is 10.6. The predicted octanol–water partition coefficient (Wildman–Crippen LogP) is -1.95. The van der Waals surface area contributed by atoms with Gasteiger partial charge >= 0.3 is 0 Å². The number of rotatable bonds is 3. The van der Waals surface area contributed by atoms with Gasteiger partial charge in [-0.2, -0.15) is 0 Å². The molecule has 1 amide bonds. The fraction of sp³-hybridized carbons (Fsp3) is 0.333. The Hall–Kier alpha value is -1.36. The average Bonchev–Trinajstić information content (AvgIpc) is 2.39. The van der Waals surface area contributed by atoms with E-state index in [2.05, 4.69) is 15.7 Å². The Kier molecular flexibility index (Phi) is 2.22. The van der Waals surface area contributed by atoms with Crippen LogP contribution in [-0.2, 0) is 11.2 Å². The minimum Gasteiger partial charge on any atom is -0.365 e. The third kappa shape index (κ3) is 2.05. The number of carbonyl (C=O) groups excluding carboxylic acids is 1. The summed E-state index contributed by atoms with van der Waals surface area (Å²) < 4.78 is 0. The monoisotopic (exact) mass is 155 g/mol. The van der Waals surface area contributed by atoms with Crippen molar-refractivity contribution in [1.29, 1.82) is 0 Å². The lowest BCUT2D eigenvalue weighted by molar-refractivity contribution is -0.402. The fourth-order valence-corrected chi connectivity index (χ4v) is 0.762. The highest BCUT2D eigenvalue weighted by atomic mass is 16.1. The largest absolute Gasteiger partial charge is 0.365 e. The summed E-state index contributed by atoms with van der Waals surface area (Å²) in [5, 5.41) is 0. The molecule has 1 rings (SSSR count). The maximum Gasteiger partial charge on any atom is 0.276 e. The van der Waals surface area contributed by atoms with Gasteiger partial charge in [0.05, 0.1) is 12.7 Å². The number of quaternary nitrogens is 1. The molecule has 0 aliphatic rings. The summed E-state index contributed by atoms with van der Waals surface area (Å²) >= 11 is 0. The molecule has 0 fully saturated rings. The van der Waals surface area contributed by atoms with Crippen LogP contribution < -0.4 is 11.5 Å². The maximum atomic E-state index is 10.6. The Morgan fingerprint density at radius 1 is 1.91 bits per heavy atom. The van der Waals surface area contributed by atoms with Crippen LogP contribution in [0.3, 0.4) is 0 Å². The molecule has 0 aliphatic heterocycles. The van der Waals surface area contributed by atoms with E-state index in [4.69, 9.17) is 5.73 Å². The lowest BCUT2D eigenvalue weighted by atomic mass is 10.2. The third-order valence-electron chi connectivity index (χ3n) is 1.42. The second kappa shape index (κ2) is 3.16. The van der Waals surface area contributed by atoms with E-state index in [-0.39, 0.29) is 11.9 Å². The number of nitrogens with two attached hydrogens (primary N) is 1. The van der Waals surface area contributed by atoms with Gasteiger partial charge < -0.3 is 16.5 Å². The van der Waals surface area contributed by atoms with Crippen LogP contribution in [0.2, 0.25) is 0 Å². The number of H-pyrrole nitrogens is 1. The summed E-state index contributed by atoms with van der Waals surface area (Å²) in [4.78, 5) is 17.2. The van der Waals surface area contributed by atoms with E-state index in [0.717, 1.165) is 5.69 Å². The van der Waals surface area contributed by atoms with Crippen LogP contribution >= 0.6 is 0 Å². The summed E-state index contributed by atoms with van der Waals surface area (Å²) in [6, 6.07) is -0.379. The van der Waals surface area contributed by atoms with Gasteiger partial charge in [-0.25, -0.2) is 4.98 Å². The normalized spacial score (nSPS) is 12.8. The molecule has 0 bridgehead atoms. The molecule has 0 radical (unpaired) electrons. The van der Waals surface area contributed by atoms with Crippen LogP contribution in [0.4, 0.5) is 0 Å². The topological polar surface area (TPSA) is 99.4 Å². The number of amides is 1. The van der Waals surface area contributed by atoms with Gasteiger partial charge in [-0.1, -0.05) is 0 Å². The van der Waals surface area contributed by atoms with Crippen molar-refractivity contribution in [1.82, 2.24) is 9.97 Å². The zero-order chi connectivity index (χ0) is 8.27. The Morgan fingerprint density at radius 3 is 3.09 bits per heavy atom. The number of aromatic nitrogens is 2. The van der Waals surface area contributed by atoms with Gasteiger partial charge in [0.2, 0.25) is 0 Å². The highest BCUT2D eigenvalue weighted by Crippen LogP contribution is 1.93. The van der Waals surface area contributed by atoms with E-state index >= 15 is 0 Å². The van der Waals surface area contributed by atoms with Gasteiger partial charge in [-0.15, -0.1) is 0 Å². The van der Waals surface area contributed by atoms with Crippen molar-refractivity contribution in [2.45, 2.75) is 12.5 Å². The first-order chi connectivity index (χ1) is 5.20. The van der Waals surface area contributed by atoms with Crippen molar-refractivity contribution in [3.63, 3.8) is 0 Å². The van der Waals surface area contributed by atoms with Crippen molar-refractivity contribution in [2.24, 2.45) is 5.73 Å². The molecule has 0 saturated carbocycles. The molecule has 60 valence electrons. The number of hydrogen-bond donors (Lipinski definition) is 3. The molecule has 6 N–H and O–H groups in total. The number of nitrogens with zero attached hydrogens (tertiary/aromatic N) is 1. The fourth-order valence-electron chi connectivity index (χ4n) is 0.762. The van der Waals surface area contributed by atoms with E-state index in [1.165, 1.54) is 0 Å². The molecular formula is C6H11N4O+. The molecule has 0 aromatic carbocycles. The highest BCUT2D eigenvalue weighted by molar-refractivity contribution is 5.78. The van der Waals surface area contributed by atoms with Crippen molar-refractivity contribution < 1.29 is 10.5 Å². The van der Waals surface area contributed by atoms with Crippen LogP contribution in [-0.4, -0.2) is 21.9 Å². The number of imidazole rings is 1. The summed E-state index contributed by atoms with van der Waals surface area (Å²) in [5.74, 6) is -0.389. The third-order valence-corrected chi connectivity index (χ3v) is 1.42. The molecule has 0 aliphatic carbocycles. The van der Waals surface area contributed by atoms with Crippen molar-refractivity contribution in [3.8, 4) is 0 Å². The van der Waals surface area contributed by atoms with Crippen LogP contribution in [0.5, 0.6) is 0 Å². The van der Waals surface area contributed by atoms with Gasteiger partial charge in [0.25, 0.3) is 5.91 Å².